The third-order valence-corrected chi connectivity index (χ3v) is 2.25. The molecule has 5 nitrogen and oxygen atoms in total. The Morgan fingerprint density at radius 2 is 1.94 bits per heavy atom. The molecule has 0 aliphatic carbocycles. The smallest absolute Gasteiger partial charge is 0.407 e. The summed E-state index contributed by atoms with van der Waals surface area (Å²) in [6.07, 6.45) is 3.11. The first kappa shape index (κ1) is 14.5. The molecule has 1 N–H and O–H groups in total. The summed E-state index contributed by atoms with van der Waals surface area (Å²) < 4.78 is 7.21. The van der Waals surface area contributed by atoms with Gasteiger partial charge in [0.2, 0.25) is 0 Å². The number of carbonyl (C=O) groups is 1. The van der Waals surface area contributed by atoms with E-state index in [1.807, 2.05) is 25.3 Å². The Bertz CT molecular complexity index is 411. The SMILES string of the molecule is CC(C)(C)OC(=O)NCc1cncn1C(C)(C)C. The van der Waals surface area contributed by atoms with Gasteiger partial charge in [-0.05, 0) is 41.5 Å². The van der Waals surface area contributed by atoms with Crippen LogP contribution in [0.3, 0.4) is 0 Å². The van der Waals surface area contributed by atoms with Gasteiger partial charge in [0.05, 0.1) is 18.6 Å². The highest BCUT2D eigenvalue weighted by Crippen LogP contribution is 2.16. The number of ether oxygens (including phenoxy) is 1. The molecule has 0 unspecified atom stereocenters. The van der Waals surface area contributed by atoms with Crippen molar-refractivity contribution >= 4 is 6.09 Å². The van der Waals surface area contributed by atoms with E-state index >= 15 is 0 Å². The normalized spacial score (nSPS) is 12.3. The molecule has 0 saturated heterocycles. The average molecular weight is 253 g/mol. The number of nitrogens with zero attached hydrogens (tertiary/aromatic N) is 2. The number of imidazole rings is 1. The van der Waals surface area contributed by atoms with Gasteiger partial charge in [-0.1, -0.05) is 0 Å². The molecule has 1 amide bonds. The molecule has 0 aliphatic rings. The topological polar surface area (TPSA) is 56.1 Å². The van der Waals surface area contributed by atoms with Crippen LogP contribution in [0.4, 0.5) is 4.79 Å². The van der Waals surface area contributed by atoms with E-state index < -0.39 is 11.7 Å². The van der Waals surface area contributed by atoms with Crippen LogP contribution in [0.25, 0.3) is 0 Å². The van der Waals surface area contributed by atoms with Gasteiger partial charge in [0.1, 0.15) is 5.60 Å². The van der Waals surface area contributed by atoms with Crippen molar-refractivity contribution in [2.45, 2.75) is 59.2 Å². The lowest BCUT2D eigenvalue weighted by Crippen LogP contribution is -2.33. The van der Waals surface area contributed by atoms with Crippen molar-refractivity contribution in [3.8, 4) is 0 Å². The van der Waals surface area contributed by atoms with E-state index in [-0.39, 0.29) is 5.54 Å². The second-order valence-electron chi connectivity index (χ2n) is 6.28. The molecule has 1 rings (SSSR count). The highest BCUT2D eigenvalue weighted by molar-refractivity contribution is 5.67. The molecule has 0 aliphatic heterocycles. The van der Waals surface area contributed by atoms with Gasteiger partial charge in [-0.25, -0.2) is 9.78 Å². The van der Waals surface area contributed by atoms with Gasteiger partial charge in [-0.15, -0.1) is 0 Å². The Labute approximate surface area is 109 Å². The summed E-state index contributed by atoms with van der Waals surface area (Å²) in [4.78, 5) is 15.7. The summed E-state index contributed by atoms with van der Waals surface area (Å²) in [6.45, 7) is 12.2. The molecule has 0 saturated carbocycles. The zero-order valence-electron chi connectivity index (χ0n) is 12.1. The van der Waals surface area contributed by atoms with Crippen LogP contribution in [-0.4, -0.2) is 21.2 Å². The van der Waals surface area contributed by atoms with Crippen molar-refractivity contribution in [1.29, 1.82) is 0 Å². The zero-order chi connectivity index (χ0) is 14.0. The minimum atomic E-state index is -0.478. The van der Waals surface area contributed by atoms with E-state index in [1.54, 1.807) is 12.5 Å². The Morgan fingerprint density at radius 3 is 2.44 bits per heavy atom. The second-order valence-corrected chi connectivity index (χ2v) is 6.28. The summed E-state index contributed by atoms with van der Waals surface area (Å²) in [5.41, 5.74) is 0.420. The molecule has 18 heavy (non-hydrogen) atoms. The van der Waals surface area contributed by atoms with Gasteiger partial charge in [-0.3, -0.25) is 0 Å². The fourth-order valence-electron chi connectivity index (χ4n) is 1.53. The van der Waals surface area contributed by atoms with E-state index in [9.17, 15) is 4.79 Å². The molecule has 0 atom stereocenters. The van der Waals surface area contributed by atoms with Gasteiger partial charge < -0.3 is 14.6 Å². The molecule has 0 spiro atoms. The third-order valence-electron chi connectivity index (χ3n) is 2.25. The Morgan fingerprint density at radius 1 is 1.33 bits per heavy atom. The average Bonchev–Trinajstić information content (AvgIpc) is 2.58. The summed E-state index contributed by atoms with van der Waals surface area (Å²) >= 11 is 0. The maximum absolute atomic E-state index is 11.6. The van der Waals surface area contributed by atoms with Crippen LogP contribution in [-0.2, 0) is 16.8 Å². The first-order chi connectivity index (χ1) is 8.09. The highest BCUT2D eigenvalue weighted by atomic mass is 16.6. The molecule has 102 valence electrons. The van der Waals surface area contributed by atoms with Crippen molar-refractivity contribution in [1.82, 2.24) is 14.9 Å². The standard InChI is InChI=1S/C13H23N3O2/c1-12(2,3)16-9-14-7-10(16)8-15-11(17)18-13(4,5)6/h7,9H,8H2,1-6H3,(H,15,17). The highest BCUT2D eigenvalue weighted by Gasteiger charge is 2.18. The van der Waals surface area contributed by atoms with Crippen LogP contribution in [0.15, 0.2) is 12.5 Å². The molecule has 5 heteroatoms. The van der Waals surface area contributed by atoms with Crippen LogP contribution < -0.4 is 5.32 Å². The fraction of sp³-hybridized carbons (Fsp3) is 0.692. The first-order valence-corrected chi connectivity index (χ1v) is 6.08. The molecule has 1 heterocycles. The van der Waals surface area contributed by atoms with Crippen LogP contribution >= 0.6 is 0 Å². The van der Waals surface area contributed by atoms with Crippen molar-refractivity contribution in [2.24, 2.45) is 0 Å². The summed E-state index contributed by atoms with van der Waals surface area (Å²) in [7, 11) is 0. The fourth-order valence-corrected chi connectivity index (χ4v) is 1.53. The van der Waals surface area contributed by atoms with Crippen molar-refractivity contribution in [3.05, 3.63) is 18.2 Å². The molecule has 0 radical (unpaired) electrons. The number of alkyl carbamates (subject to hydrolysis) is 1. The van der Waals surface area contributed by atoms with Crippen LogP contribution in [0.5, 0.6) is 0 Å². The number of rotatable bonds is 2. The van der Waals surface area contributed by atoms with Gasteiger partial charge in [0, 0.05) is 11.7 Å². The van der Waals surface area contributed by atoms with Gasteiger partial charge in [-0.2, -0.15) is 0 Å². The number of nitrogens with one attached hydrogen (secondary N) is 1. The van der Waals surface area contributed by atoms with E-state index in [2.05, 4.69) is 31.1 Å². The molecule has 0 aromatic carbocycles. The maximum Gasteiger partial charge on any atom is 0.407 e. The monoisotopic (exact) mass is 253 g/mol. The van der Waals surface area contributed by atoms with Crippen molar-refractivity contribution < 1.29 is 9.53 Å². The third kappa shape index (κ3) is 4.39. The summed E-state index contributed by atoms with van der Waals surface area (Å²) in [6, 6.07) is 0. The van der Waals surface area contributed by atoms with Crippen molar-refractivity contribution in [3.63, 3.8) is 0 Å². The number of hydrogen-bond donors (Lipinski definition) is 1. The van der Waals surface area contributed by atoms with E-state index in [0.29, 0.717) is 6.54 Å². The van der Waals surface area contributed by atoms with E-state index in [4.69, 9.17) is 4.74 Å². The predicted molar refractivity (Wildman–Crippen MR) is 70.3 cm³/mol. The second kappa shape index (κ2) is 5.00. The summed E-state index contributed by atoms with van der Waals surface area (Å²) in [5.74, 6) is 0. The number of amides is 1. The van der Waals surface area contributed by atoms with Gasteiger partial charge in [0.15, 0.2) is 0 Å². The largest absolute Gasteiger partial charge is 0.444 e. The van der Waals surface area contributed by atoms with Crippen LogP contribution in [0.2, 0.25) is 0 Å². The Kier molecular flexibility index (Phi) is 4.04. The summed E-state index contributed by atoms with van der Waals surface area (Å²) in [5, 5.41) is 2.73. The molecule has 0 bridgehead atoms. The van der Waals surface area contributed by atoms with E-state index in [1.165, 1.54) is 0 Å². The lowest BCUT2D eigenvalue weighted by molar-refractivity contribution is 0.0521. The molecular weight excluding hydrogens is 230 g/mol. The predicted octanol–water partition coefficient (Wildman–Crippen LogP) is 2.66. The van der Waals surface area contributed by atoms with E-state index in [0.717, 1.165) is 5.69 Å². The number of carbonyl (C=O) groups excluding carboxylic acids is 1. The maximum atomic E-state index is 11.6. The Hall–Kier alpha value is -1.52. The van der Waals surface area contributed by atoms with Gasteiger partial charge in [0.25, 0.3) is 0 Å². The molecule has 1 aromatic rings. The Balaban J connectivity index is 2.60. The molecule has 1 aromatic heterocycles. The molecule has 0 fully saturated rings. The lowest BCUT2D eigenvalue weighted by atomic mass is 10.1. The van der Waals surface area contributed by atoms with Gasteiger partial charge >= 0.3 is 6.09 Å². The minimum Gasteiger partial charge on any atom is -0.444 e. The number of aromatic nitrogens is 2. The minimum absolute atomic E-state index is 0.0541. The number of hydrogen-bond acceptors (Lipinski definition) is 3. The molecular formula is C13H23N3O2. The van der Waals surface area contributed by atoms with Crippen LogP contribution in [0.1, 0.15) is 47.2 Å². The zero-order valence-corrected chi connectivity index (χ0v) is 12.1. The quantitative estimate of drug-likeness (QED) is 0.881. The first-order valence-electron chi connectivity index (χ1n) is 6.08. The lowest BCUT2D eigenvalue weighted by Gasteiger charge is -2.24. The van der Waals surface area contributed by atoms with Crippen LogP contribution in [0, 0.1) is 0 Å². The van der Waals surface area contributed by atoms with Crippen molar-refractivity contribution in [2.75, 3.05) is 0 Å².